The summed E-state index contributed by atoms with van der Waals surface area (Å²) in [6.07, 6.45) is -0.915. The van der Waals surface area contributed by atoms with Crippen LogP contribution in [0.2, 0.25) is 0 Å². The van der Waals surface area contributed by atoms with Crippen LogP contribution in [0.3, 0.4) is 0 Å². The molecule has 0 saturated carbocycles. The fraction of sp³-hybridized carbons (Fsp3) is 0.211. The third kappa shape index (κ3) is 4.15. The number of hydrazone groups is 1. The van der Waals surface area contributed by atoms with Crippen molar-refractivity contribution in [2.45, 2.75) is 20.1 Å². The molecule has 2 aromatic rings. The fourth-order valence-electron chi connectivity index (χ4n) is 2.73. The highest BCUT2D eigenvalue weighted by molar-refractivity contribution is 5.96. The second-order valence-corrected chi connectivity index (χ2v) is 6.05. The first-order chi connectivity index (χ1) is 13.8. The quantitative estimate of drug-likeness (QED) is 0.328. The van der Waals surface area contributed by atoms with Crippen LogP contribution in [0.1, 0.15) is 31.2 Å². The summed E-state index contributed by atoms with van der Waals surface area (Å²) in [6, 6.07) is 10.4. The van der Waals surface area contributed by atoms with Gasteiger partial charge in [0.2, 0.25) is 18.0 Å². The standard InChI is InChI=1S/C19H17N3O7/c1-11(23)21-19(14-7-8-16(28-12(2)24)17(10-14)27-3)29-18(20-21)13-5-4-6-15(9-13)22(25)26/h4-10,19H,1-3H3/t19-/m1/s1. The number of nitro benzene ring substituents is 1. The average molecular weight is 399 g/mol. The van der Waals surface area contributed by atoms with E-state index in [0.717, 1.165) is 5.01 Å². The van der Waals surface area contributed by atoms with Crippen LogP contribution in [0.4, 0.5) is 5.69 Å². The molecular formula is C19H17N3O7. The van der Waals surface area contributed by atoms with Crippen molar-refractivity contribution in [2.24, 2.45) is 5.10 Å². The van der Waals surface area contributed by atoms with E-state index in [1.54, 1.807) is 18.2 Å². The molecule has 1 aliphatic heterocycles. The number of hydrogen-bond donors (Lipinski definition) is 0. The zero-order valence-electron chi connectivity index (χ0n) is 15.8. The van der Waals surface area contributed by atoms with Gasteiger partial charge in [0.1, 0.15) is 0 Å². The fourth-order valence-corrected chi connectivity index (χ4v) is 2.73. The first-order valence-electron chi connectivity index (χ1n) is 8.46. The van der Waals surface area contributed by atoms with Crippen molar-refractivity contribution in [2.75, 3.05) is 7.11 Å². The van der Waals surface area contributed by atoms with Crippen molar-refractivity contribution in [3.05, 3.63) is 63.7 Å². The van der Waals surface area contributed by atoms with Crippen LogP contribution in [-0.2, 0) is 14.3 Å². The zero-order valence-corrected chi connectivity index (χ0v) is 15.8. The average Bonchev–Trinajstić information content (AvgIpc) is 3.14. The molecule has 3 rings (SSSR count). The van der Waals surface area contributed by atoms with Crippen LogP contribution in [-0.4, -0.2) is 34.8 Å². The van der Waals surface area contributed by atoms with E-state index >= 15 is 0 Å². The molecule has 0 fully saturated rings. The van der Waals surface area contributed by atoms with E-state index in [-0.39, 0.29) is 23.1 Å². The van der Waals surface area contributed by atoms with Gasteiger partial charge in [0, 0.05) is 37.1 Å². The van der Waals surface area contributed by atoms with E-state index in [9.17, 15) is 19.7 Å². The van der Waals surface area contributed by atoms with Gasteiger partial charge in [-0.25, -0.2) is 0 Å². The smallest absolute Gasteiger partial charge is 0.308 e. The maximum absolute atomic E-state index is 12.1. The van der Waals surface area contributed by atoms with Crippen LogP contribution >= 0.6 is 0 Å². The summed E-state index contributed by atoms with van der Waals surface area (Å²) in [6.45, 7) is 2.59. The Labute approximate surface area is 165 Å². The number of nitro groups is 1. The van der Waals surface area contributed by atoms with Gasteiger partial charge < -0.3 is 14.2 Å². The lowest BCUT2D eigenvalue weighted by Gasteiger charge is -2.20. The van der Waals surface area contributed by atoms with Crippen molar-refractivity contribution >= 4 is 23.5 Å². The first-order valence-corrected chi connectivity index (χ1v) is 8.46. The highest BCUT2D eigenvalue weighted by Crippen LogP contribution is 2.36. The molecule has 1 heterocycles. The second kappa shape index (κ2) is 7.97. The molecule has 2 aromatic carbocycles. The number of esters is 1. The normalized spacial score (nSPS) is 15.3. The Morgan fingerprint density at radius 1 is 1.17 bits per heavy atom. The predicted molar refractivity (Wildman–Crippen MR) is 100 cm³/mol. The lowest BCUT2D eigenvalue weighted by Crippen LogP contribution is -2.25. The summed E-state index contributed by atoms with van der Waals surface area (Å²) >= 11 is 0. The van der Waals surface area contributed by atoms with E-state index in [1.165, 1.54) is 45.2 Å². The van der Waals surface area contributed by atoms with Gasteiger partial charge in [-0.1, -0.05) is 6.07 Å². The molecule has 0 spiro atoms. The van der Waals surface area contributed by atoms with E-state index < -0.39 is 23.0 Å². The molecule has 0 saturated heterocycles. The Hall–Kier alpha value is -3.95. The van der Waals surface area contributed by atoms with Gasteiger partial charge in [0.15, 0.2) is 11.5 Å². The van der Waals surface area contributed by atoms with Gasteiger partial charge in [-0.15, -0.1) is 5.10 Å². The third-order valence-electron chi connectivity index (χ3n) is 4.00. The minimum absolute atomic E-state index is 0.0666. The summed E-state index contributed by atoms with van der Waals surface area (Å²) in [5.74, 6) is -0.338. The molecular weight excluding hydrogens is 382 g/mol. The maximum atomic E-state index is 12.1. The second-order valence-electron chi connectivity index (χ2n) is 6.05. The molecule has 0 unspecified atom stereocenters. The van der Waals surface area contributed by atoms with E-state index in [1.807, 2.05) is 0 Å². The van der Waals surface area contributed by atoms with Gasteiger partial charge >= 0.3 is 5.97 Å². The summed E-state index contributed by atoms with van der Waals surface area (Å²) in [5, 5.41) is 16.3. The minimum Gasteiger partial charge on any atom is -0.493 e. The van der Waals surface area contributed by atoms with Crippen molar-refractivity contribution in [3.8, 4) is 11.5 Å². The molecule has 0 bridgehead atoms. The Balaban J connectivity index is 1.95. The Morgan fingerprint density at radius 3 is 2.55 bits per heavy atom. The number of non-ortho nitro benzene ring substituents is 1. The number of benzene rings is 2. The van der Waals surface area contributed by atoms with E-state index in [2.05, 4.69) is 5.10 Å². The lowest BCUT2D eigenvalue weighted by atomic mass is 10.1. The number of hydrogen-bond acceptors (Lipinski definition) is 8. The number of carbonyl (C=O) groups is 2. The molecule has 0 radical (unpaired) electrons. The van der Waals surface area contributed by atoms with Crippen molar-refractivity contribution in [3.63, 3.8) is 0 Å². The Kier molecular flexibility index (Phi) is 5.44. The van der Waals surface area contributed by atoms with Gasteiger partial charge in [-0.2, -0.15) is 5.01 Å². The molecule has 0 aliphatic carbocycles. The molecule has 1 amide bonds. The highest BCUT2D eigenvalue weighted by Gasteiger charge is 2.34. The molecule has 0 N–H and O–H groups in total. The van der Waals surface area contributed by atoms with Crippen LogP contribution in [0.25, 0.3) is 0 Å². The summed E-state index contributed by atoms with van der Waals surface area (Å²) < 4.78 is 16.2. The summed E-state index contributed by atoms with van der Waals surface area (Å²) in [5.41, 5.74) is 0.743. The SMILES string of the molecule is COc1cc([C@H]2OC(c3cccc([N+](=O)[O-])c3)=NN2C(C)=O)ccc1OC(C)=O. The van der Waals surface area contributed by atoms with Crippen molar-refractivity contribution in [1.82, 2.24) is 5.01 Å². The van der Waals surface area contributed by atoms with Crippen LogP contribution in [0.5, 0.6) is 11.5 Å². The molecule has 1 atom stereocenters. The van der Waals surface area contributed by atoms with Crippen molar-refractivity contribution < 1.29 is 28.7 Å². The van der Waals surface area contributed by atoms with Gasteiger partial charge in [-0.05, 0) is 24.3 Å². The number of rotatable bonds is 5. The van der Waals surface area contributed by atoms with E-state index in [0.29, 0.717) is 11.1 Å². The van der Waals surface area contributed by atoms with E-state index in [4.69, 9.17) is 14.2 Å². The number of nitrogens with zero attached hydrogens (tertiary/aromatic N) is 3. The van der Waals surface area contributed by atoms with Gasteiger partial charge in [-0.3, -0.25) is 19.7 Å². The van der Waals surface area contributed by atoms with Gasteiger partial charge in [0.05, 0.1) is 12.0 Å². The lowest BCUT2D eigenvalue weighted by molar-refractivity contribution is -0.384. The predicted octanol–water partition coefficient (Wildman–Crippen LogP) is 2.77. The molecule has 1 aliphatic rings. The number of carbonyl (C=O) groups excluding carboxylic acids is 2. The third-order valence-corrected chi connectivity index (χ3v) is 4.00. The first kappa shape index (κ1) is 19.8. The molecule has 10 nitrogen and oxygen atoms in total. The van der Waals surface area contributed by atoms with Gasteiger partial charge in [0.25, 0.3) is 5.69 Å². The minimum atomic E-state index is -0.915. The molecule has 150 valence electrons. The maximum Gasteiger partial charge on any atom is 0.308 e. The van der Waals surface area contributed by atoms with Crippen LogP contribution in [0, 0.1) is 10.1 Å². The monoisotopic (exact) mass is 399 g/mol. The van der Waals surface area contributed by atoms with Crippen molar-refractivity contribution in [1.29, 1.82) is 0 Å². The number of amides is 1. The zero-order chi connectivity index (χ0) is 21.1. The van der Waals surface area contributed by atoms with Crippen LogP contribution < -0.4 is 9.47 Å². The topological polar surface area (TPSA) is 121 Å². The summed E-state index contributed by atoms with van der Waals surface area (Å²) in [7, 11) is 1.41. The molecule has 10 heteroatoms. The molecule has 29 heavy (non-hydrogen) atoms. The Morgan fingerprint density at radius 2 is 1.93 bits per heavy atom. The number of ether oxygens (including phenoxy) is 3. The molecule has 0 aromatic heterocycles. The Bertz CT molecular complexity index is 1020. The summed E-state index contributed by atoms with van der Waals surface area (Å²) in [4.78, 5) is 33.8. The van der Waals surface area contributed by atoms with Crippen LogP contribution in [0.15, 0.2) is 47.6 Å². The highest BCUT2D eigenvalue weighted by atomic mass is 16.6. The number of methoxy groups -OCH3 is 1. The largest absolute Gasteiger partial charge is 0.493 e.